The molecule has 0 N–H and O–H groups in total. The molecule has 4 nitrogen and oxygen atoms in total. The third-order valence-corrected chi connectivity index (χ3v) is 4.02. The highest BCUT2D eigenvalue weighted by atomic mass is 16.5. The van der Waals surface area contributed by atoms with Gasteiger partial charge in [0.25, 0.3) is 0 Å². The second-order valence-electron chi connectivity index (χ2n) is 5.82. The summed E-state index contributed by atoms with van der Waals surface area (Å²) in [4.78, 5) is 8.85. The van der Waals surface area contributed by atoms with Crippen molar-refractivity contribution in [2.75, 3.05) is 0 Å². The molecule has 4 heteroatoms. The Kier molecular flexibility index (Phi) is 3.50. The molecule has 0 spiro atoms. The molecule has 0 radical (unpaired) electrons. The van der Waals surface area contributed by atoms with E-state index in [-0.39, 0.29) is 0 Å². The number of nitrogens with zero attached hydrogens (tertiary/aromatic N) is 3. The molecular weight excluding hydrogens is 298 g/mol. The second kappa shape index (κ2) is 5.81. The minimum Gasteiger partial charge on any atom is -0.457 e. The molecule has 0 bridgehead atoms. The van der Waals surface area contributed by atoms with Crippen LogP contribution in [0.15, 0.2) is 67.1 Å². The van der Waals surface area contributed by atoms with Crippen LogP contribution in [0.1, 0.15) is 5.56 Å². The van der Waals surface area contributed by atoms with Crippen molar-refractivity contribution in [1.82, 2.24) is 14.5 Å². The predicted octanol–water partition coefficient (Wildman–Crippen LogP) is 4.74. The first-order valence-electron chi connectivity index (χ1n) is 7.82. The van der Waals surface area contributed by atoms with E-state index in [2.05, 4.69) is 11.9 Å². The third-order valence-electron chi connectivity index (χ3n) is 4.02. The molecule has 24 heavy (non-hydrogen) atoms. The van der Waals surface area contributed by atoms with Crippen LogP contribution in [0.3, 0.4) is 0 Å². The van der Waals surface area contributed by atoms with Crippen molar-refractivity contribution in [3.05, 3.63) is 72.7 Å². The SMILES string of the molecule is Cc1ccc(Oc2cc(-c3ccncc3)nc3c2ccn3C)cc1. The Morgan fingerprint density at radius 2 is 1.71 bits per heavy atom. The van der Waals surface area contributed by atoms with Gasteiger partial charge in [0.1, 0.15) is 17.1 Å². The van der Waals surface area contributed by atoms with E-state index in [4.69, 9.17) is 9.72 Å². The maximum absolute atomic E-state index is 6.15. The van der Waals surface area contributed by atoms with Gasteiger partial charge in [-0.05, 0) is 37.3 Å². The minimum absolute atomic E-state index is 0.802. The Balaban J connectivity index is 1.85. The van der Waals surface area contributed by atoms with Crippen LogP contribution in [0.4, 0.5) is 0 Å². The Morgan fingerprint density at radius 1 is 0.958 bits per heavy atom. The van der Waals surface area contributed by atoms with Crippen molar-refractivity contribution < 1.29 is 4.74 Å². The number of benzene rings is 1. The first-order valence-corrected chi connectivity index (χ1v) is 7.82. The molecule has 0 atom stereocenters. The van der Waals surface area contributed by atoms with Crippen LogP contribution < -0.4 is 4.74 Å². The Labute approximate surface area is 140 Å². The average molecular weight is 315 g/mol. The van der Waals surface area contributed by atoms with Gasteiger partial charge in [0, 0.05) is 37.3 Å². The number of hydrogen-bond donors (Lipinski definition) is 0. The number of hydrogen-bond acceptors (Lipinski definition) is 3. The summed E-state index contributed by atoms with van der Waals surface area (Å²) in [6.07, 6.45) is 5.54. The van der Waals surface area contributed by atoms with Crippen molar-refractivity contribution in [2.45, 2.75) is 6.92 Å². The van der Waals surface area contributed by atoms with E-state index >= 15 is 0 Å². The summed E-state index contributed by atoms with van der Waals surface area (Å²) in [5.41, 5.74) is 3.99. The Bertz CT molecular complexity index is 989. The molecule has 4 rings (SSSR count). The normalized spacial score (nSPS) is 10.9. The lowest BCUT2D eigenvalue weighted by atomic mass is 10.1. The molecule has 0 saturated heterocycles. The number of fused-ring (bicyclic) bond motifs is 1. The summed E-state index contributed by atoms with van der Waals surface area (Å²) in [7, 11) is 1.99. The molecule has 4 aromatic rings. The number of ether oxygens (including phenoxy) is 1. The van der Waals surface area contributed by atoms with Crippen molar-refractivity contribution in [3.63, 3.8) is 0 Å². The molecule has 0 aliphatic heterocycles. The smallest absolute Gasteiger partial charge is 0.144 e. The van der Waals surface area contributed by atoms with Gasteiger partial charge < -0.3 is 9.30 Å². The van der Waals surface area contributed by atoms with Gasteiger partial charge in [-0.3, -0.25) is 4.98 Å². The van der Waals surface area contributed by atoms with Crippen LogP contribution in [-0.4, -0.2) is 14.5 Å². The Hall–Kier alpha value is -3.14. The molecule has 0 saturated carbocycles. The van der Waals surface area contributed by atoms with E-state index in [1.807, 2.05) is 66.3 Å². The zero-order valence-corrected chi connectivity index (χ0v) is 13.6. The minimum atomic E-state index is 0.802. The quantitative estimate of drug-likeness (QED) is 0.548. The van der Waals surface area contributed by atoms with Gasteiger partial charge in [-0.15, -0.1) is 0 Å². The average Bonchev–Trinajstić information content (AvgIpc) is 2.99. The molecular formula is C20H17N3O. The molecule has 118 valence electrons. The number of pyridine rings is 2. The van der Waals surface area contributed by atoms with Crippen LogP contribution in [0.2, 0.25) is 0 Å². The van der Waals surface area contributed by atoms with E-state index in [9.17, 15) is 0 Å². The van der Waals surface area contributed by atoms with Crippen molar-refractivity contribution >= 4 is 11.0 Å². The lowest BCUT2D eigenvalue weighted by Gasteiger charge is -2.10. The molecule has 0 fully saturated rings. The fraction of sp³-hybridized carbons (Fsp3) is 0.100. The first kappa shape index (κ1) is 14.5. The van der Waals surface area contributed by atoms with Crippen LogP contribution >= 0.6 is 0 Å². The molecule has 0 unspecified atom stereocenters. The largest absolute Gasteiger partial charge is 0.457 e. The summed E-state index contributed by atoms with van der Waals surface area (Å²) in [6.45, 7) is 2.06. The maximum atomic E-state index is 6.15. The highest BCUT2D eigenvalue weighted by Crippen LogP contribution is 2.33. The van der Waals surface area contributed by atoms with Crippen LogP contribution in [-0.2, 0) is 7.05 Å². The highest BCUT2D eigenvalue weighted by Gasteiger charge is 2.12. The zero-order valence-electron chi connectivity index (χ0n) is 13.6. The lowest BCUT2D eigenvalue weighted by Crippen LogP contribution is -1.94. The van der Waals surface area contributed by atoms with Gasteiger partial charge in [-0.1, -0.05) is 17.7 Å². The van der Waals surface area contributed by atoms with E-state index in [0.717, 1.165) is 33.8 Å². The lowest BCUT2D eigenvalue weighted by molar-refractivity contribution is 0.488. The van der Waals surface area contributed by atoms with Gasteiger partial charge >= 0.3 is 0 Å². The van der Waals surface area contributed by atoms with E-state index in [1.54, 1.807) is 12.4 Å². The number of rotatable bonds is 3. The number of aromatic nitrogens is 3. The summed E-state index contributed by atoms with van der Waals surface area (Å²) in [6, 6.07) is 16.0. The second-order valence-corrected chi connectivity index (χ2v) is 5.82. The standard InChI is InChI=1S/C20H17N3O/c1-14-3-5-16(6-4-14)24-19-13-18(15-7-10-21-11-8-15)22-20-17(19)9-12-23(20)2/h3-13H,1-2H3. The molecule has 3 heterocycles. The van der Waals surface area contributed by atoms with Crippen LogP contribution in [0, 0.1) is 6.92 Å². The Morgan fingerprint density at radius 3 is 2.46 bits per heavy atom. The predicted molar refractivity (Wildman–Crippen MR) is 95.2 cm³/mol. The van der Waals surface area contributed by atoms with E-state index < -0.39 is 0 Å². The fourth-order valence-electron chi connectivity index (χ4n) is 2.69. The monoisotopic (exact) mass is 315 g/mol. The van der Waals surface area contributed by atoms with Crippen LogP contribution in [0.5, 0.6) is 11.5 Å². The summed E-state index contributed by atoms with van der Waals surface area (Å²) in [5, 5.41) is 0.996. The van der Waals surface area contributed by atoms with Crippen molar-refractivity contribution in [1.29, 1.82) is 0 Å². The molecule has 0 aliphatic rings. The van der Waals surface area contributed by atoms with Gasteiger partial charge in [-0.25, -0.2) is 4.98 Å². The van der Waals surface area contributed by atoms with Gasteiger partial charge in [0.2, 0.25) is 0 Å². The number of aryl methyl sites for hydroxylation is 2. The maximum Gasteiger partial charge on any atom is 0.144 e. The summed E-state index contributed by atoms with van der Waals surface area (Å²) in [5.74, 6) is 1.62. The third kappa shape index (κ3) is 2.63. The molecule has 0 amide bonds. The topological polar surface area (TPSA) is 39.9 Å². The van der Waals surface area contributed by atoms with Gasteiger partial charge in [0.15, 0.2) is 0 Å². The summed E-state index contributed by atoms with van der Waals surface area (Å²) >= 11 is 0. The highest BCUT2D eigenvalue weighted by molar-refractivity contribution is 5.86. The molecule has 0 aliphatic carbocycles. The van der Waals surface area contributed by atoms with Gasteiger partial charge in [0.05, 0.1) is 11.1 Å². The summed E-state index contributed by atoms with van der Waals surface area (Å²) < 4.78 is 8.16. The zero-order chi connectivity index (χ0) is 16.5. The van der Waals surface area contributed by atoms with Crippen LogP contribution in [0.25, 0.3) is 22.3 Å². The molecule has 1 aromatic carbocycles. The molecule has 3 aromatic heterocycles. The first-order chi connectivity index (χ1) is 11.7. The van der Waals surface area contributed by atoms with Gasteiger partial charge in [-0.2, -0.15) is 0 Å². The van der Waals surface area contributed by atoms with Crippen molar-refractivity contribution in [2.24, 2.45) is 7.05 Å². The van der Waals surface area contributed by atoms with E-state index in [0.29, 0.717) is 0 Å². The van der Waals surface area contributed by atoms with Crippen molar-refractivity contribution in [3.8, 4) is 22.8 Å². The fourth-order valence-corrected chi connectivity index (χ4v) is 2.69. The van der Waals surface area contributed by atoms with E-state index in [1.165, 1.54) is 5.56 Å².